The van der Waals surface area contributed by atoms with E-state index in [-0.39, 0.29) is 17.7 Å². The number of hydrogen-bond acceptors (Lipinski definition) is 2. The van der Waals surface area contributed by atoms with Crippen LogP contribution in [0.3, 0.4) is 0 Å². The van der Waals surface area contributed by atoms with Crippen molar-refractivity contribution >= 4 is 35.0 Å². The second kappa shape index (κ2) is 4.72. The molecule has 0 aliphatic carbocycles. The summed E-state index contributed by atoms with van der Waals surface area (Å²) in [6.45, 7) is 5.47. The van der Waals surface area contributed by atoms with Crippen LogP contribution in [0.2, 0.25) is 0 Å². The van der Waals surface area contributed by atoms with Crippen LogP contribution < -0.4 is 5.32 Å². The number of nitrogens with one attached hydrogen (secondary N) is 1. The first-order valence-electron chi connectivity index (χ1n) is 3.45. The molecule has 0 saturated carbocycles. The Labute approximate surface area is 78.2 Å². The van der Waals surface area contributed by atoms with Gasteiger partial charge >= 0.3 is 0 Å². The number of rotatable bonds is 3. The largest absolute Gasteiger partial charge is 0.361 e. The third-order valence-electron chi connectivity index (χ3n) is 1.38. The molecule has 0 bridgehead atoms. The normalized spacial score (nSPS) is 12.8. The van der Waals surface area contributed by atoms with Crippen molar-refractivity contribution in [1.29, 1.82) is 0 Å². The minimum Gasteiger partial charge on any atom is -0.361 e. The van der Waals surface area contributed by atoms with Crippen LogP contribution in [0.1, 0.15) is 20.8 Å². The Kier molecular flexibility index (Phi) is 4.68. The van der Waals surface area contributed by atoms with Gasteiger partial charge in [-0.15, -0.1) is 12.6 Å². The molecule has 0 amide bonds. The van der Waals surface area contributed by atoms with Gasteiger partial charge in [0.2, 0.25) is 0 Å². The molecule has 4 heteroatoms. The Bertz CT molecular complexity index is 168. The van der Waals surface area contributed by atoms with E-state index in [1.807, 2.05) is 13.8 Å². The number of Topliss-reactive ketones (excluding diaryl/α,β-unsaturated/α-hetero) is 1. The Morgan fingerprint density at radius 3 is 2.09 bits per heavy atom. The zero-order valence-corrected chi connectivity index (χ0v) is 8.63. The van der Waals surface area contributed by atoms with Crippen LogP contribution in [-0.4, -0.2) is 16.1 Å². The third-order valence-corrected chi connectivity index (χ3v) is 1.63. The topological polar surface area (TPSA) is 29.1 Å². The minimum absolute atomic E-state index is 0.0939. The molecule has 11 heavy (non-hydrogen) atoms. The summed E-state index contributed by atoms with van der Waals surface area (Å²) in [5.41, 5.74) is 0. The lowest BCUT2D eigenvalue weighted by Gasteiger charge is -2.18. The van der Waals surface area contributed by atoms with Gasteiger partial charge in [-0.2, -0.15) is 0 Å². The van der Waals surface area contributed by atoms with Crippen LogP contribution in [0.15, 0.2) is 0 Å². The molecular formula is C7H13NOS2. The molecule has 1 atom stereocenters. The lowest BCUT2D eigenvalue weighted by Crippen LogP contribution is -2.40. The van der Waals surface area contributed by atoms with Gasteiger partial charge in [-0.05, 0) is 12.8 Å². The predicted molar refractivity (Wildman–Crippen MR) is 54.0 cm³/mol. The van der Waals surface area contributed by atoms with Crippen molar-refractivity contribution in [2.45, 2.75) is 26.8 Å². The summed E-state index contributed by atoms with van der Waals surface area (Å²) in [7, 11) is 0. The number of ketones is 1. The van der Waals surface area contributed by atoms with E-state index < -0.39 is 0 Å². The number of carbonyl (C=O) groups is 1. The first kappa shape index (κ1) is 10.9. The van der Waals surface area contributed by atoms with Crippen molar-refractivity contribution in [2.24, 2.45) is 5.92 Å². The highest BCUT2D eigenvalue weighted by Gasteiger charge is 2.17. The maximum atomic E-state index is 11.0. The molecule has 0 spiro atoms. The molecule has 2 nitrogen and oxygen atoms in total. The number of thiol groups is 1. The molecule has 0 aliphatic rings. The molecule has 1 unspecified atom stereocenters. The fraction of sp³-hybridized carbons (Fsp3) is 0.714. The first-order chi connectivity index (χ1) is 4.95. The minimum atomic E-state index is -0.194. The molecule has 0 radical (unpaired) electrons. The summed E-state index contributed by atoms with van der Waals surface area (Å²) in [4.78, 5) is 11.0. The van der Waals surface area contributed by atoms with Crippen LogP contribution in [0.25, 0.3) is 0 Å². The van der Waals surface area contributed by atoms with Gasteiger partial charge in [0, 0.05) is 0 Å². The quantitative estimate of drug-likeness (QED) is 0.522. The van der Waals surface area contributed by atoms with Gasteiger partial charge in [-0.3, -0.25) is 4.79 Å². The summed E-state index contributed by atoms with van der Waals surface area (Å²) in [6.07, 6.45) is 0. The predicted octanol–water partition coefficient (Wildman–Crippen LogP) is 1.40. The standard InChI is InChI=1S/C7H13NOS2/c1-4(2)6(5(3)9)8-7(10)11/h4,6H,1-3H3,(H2,8,10,11). The molecule has 0 aromatic heterocycles. The van der Waals surface area contributed by atoms with Gasteiger partial charge in [-0.25, -0.2) is 0 Å². The fourth-order valence-electron chi connectivity index (χ4n) is 0.871. The Balaban J connectivity index is 4.12. The van der Waals surface area contributed by atoms with Gasteiger partial charge in [0.05, 0.1) is 6.04 Å². The Morgan fingerprint density at radius 2 is 2.00 bits per heavy atom. The molecule has 1 N–H and O–H groups in total. The van der Waals surface area contributed by atoms with Gasteiger partial charge in [0.15, 0.2) is 5.78 Å². The maximum absolute atomic E-state index is 11.0. The molecule has 0 aromatic rings. The summed E-state index contributed by atoms with van der Waals surface area (Å²) >= 11 is 8.61. The molecular weight excluding hydrogens is 178 g/mol. The van der Waals surface area contributed by atoms with E-state index in [0.717, 1.165) is 0 Å². The monoisotopic (exact) mass is 191 g/mol. The number of thiocarbonyl (C=S) groups is 1. The van der Waals surface area contributed by atoms with Crippen LogP contribution in [0.5, 0.6) is 0 Å². The lowest BCUT2D eigenvalue weighted by atomic mass is 10.0. The maximum Gasteiger partial charge on any atom is 0.152 e. The Hall–Kier alpha value is -0.0900. The van der Waals surface area contributed by atoms with E-state index >= 15 is 0 Å². The lowest BCUT2D eigenvalue weighted by molar-refractivity contribution is -0.119. The molecule has 0 saturated heterocycles. The van der Waals surface area contributed by atoms with Crippen molar-refractivity contribution in [1.82, 2.24) is 5.32 Å². The molecule has 0 aromatic carbocycles. The zero-order valence-electron chi connectivity index (χ0n) is 6.92. The van der Waals surface area contributed by atoms with E-state index in [1.165, 1.54) is 0 Å². The van der Waals surface area contributed by atoms with Crippen molar-refractivity contribution in [3.63, 3.8) is 0 Å². The van der Waals surface area contributed by atoms with Crippen LogP contribution in [-0.2, 0) is 4.79 Å². The number of carbonyl (C=O) groups excluding carboxylic acids is 1. The highest BCUT2D eigenvalue weighted by atomic mass is 32.1. The highest BCUT2D eigenvalue weighted by Crippen LogP contribution is 2.03. The second-order valence-corrected chi connectivity index (χ2v) is 3.94. The molecule has 0 fully saturated rings. The van der Waals surface area contributed by atoms with Gasteiger partial charge in [0.1, 0.15) is 4.32 Å². The van der Waals surface area contributed by atoms with Gasteiger partial charge in [0.25, 0.3) is 0 Å². The van der Waals surface area contributed by atoms with Crippen molar-refractivity contribution in [2.75, 3.05) is 0 Å². The van der Waals surface area contributed by atoms with Crippen molar-refractivity contribution in [3.05, 3.63) is 0 Å². The van der Waals surface area contributed by atoms with E-state index in [4.69, 9.17) is 12.2 Å². The first-order valence-corrected chi connectivity index (χ1v) is 4.30. The summed E-state index contributed by atoms with van der Waals surface area (Å²) < 4.78 is 0.374. The molecule has 0 aliphatic heterocycles. The number of hydrogen-bond donors (Lipinski definition) is 2. The van der Waals surface area contributed by atoms with Gasteiger partial charge < -0.3 is 5.32 Å². The second-order valence-electron chi connectivity index (χ2n) is 2.78. The molecule has 0 heterocycles. The van der Waals surface area contributed by atoms with E-state index in [9.17, 15) is 4.79 Å². The smallest absolute Gasteiger partial charge is 0.152 e. The third kappa shape index (κ3) is 4.37. The van der Waals surface area contributed by atoms with Crippen LogP contribution in [0.4, 0.5) is 0 Å². The summed E-state index contributed by atoms with van der Waals surface area (Å²) in [6, 6.07) is -0.194. The van der Waals surface area contributed by atoms with Crippen LogP contribution >= 0.6 is 24.8 Å². The highest BCUT2D eigenvalue weighted by molar-refractivity contribution is 8.11. The Morgan fingerprint density at radius 1 is 1.55 bits per heavy atom. The van der Waals surface area contributed by atoms with Gasteiger partial charge in [-0.1, -0.05) is 26.1 Å². The van der Waals surface area contributed by atoms with E-state index in [1.54, 1.807) is 6.92 Å². The zero-order chi connectivity index (χ0) is 9.02. The molecule has 0 rings (SSSR count). The van der Waals surface area contributed by atoms with Crippen molar-refractivity contribution in [3.8, 4) is 0 Å². The van der Waals surface area contributed by atoms with Crippen molar-refractivity contribution < 1.29 is 4.79 Å². The molecule has 64 valence electrons. The van der Waals surface area contributed by atoms with Crippen LogP contribution in [0, 0.1) is 5.92 Å². The van der Waals surface area contributed by atoms with E-state index in [0.29, 0.717) is 4.32 Å². The SMILES string of the molecule is CC(=O)C(NC(=S)S)C(C)C. The summed E-state index contributed by atoms with van der Waals surface area (Å²) in [5.74, 6) is 0.342. The average Bonchev–Trinajstić information content (AvgIpc) is 1.81. The summed E-state index contributed by atoms with van der Waals surface area (Å²) in [5, 5.41) is 2.82. The fourth-order valence-corrected chi connectivity index (χ4v) is 1.14. The van der Waals surface area contributed by atoms with E-state index in [2.05, 4.69) is 17.9 Å². The average molecular weight is 191 g/mol.